The molecule has 0 aliphatic carbocycles. The molecule has 24 heavy (non-hydrogen) atoms. The van der Waals surface area contributed by atoms with Gasteiger partial charge < -0.3 is 4.90 Å². The van der Waals surface area contributed by atoms with E-state index >= 15 is 0 Å². The van der Waals surface area contributed by atoms with Gasteiger partial charge in [-0.1, -0.05) is 17.7 Å². The first-order chi connectivity index (χ1) is 11.5. The summed E-state index contributed by atoms with van der Waals surface area (Å²) in [5.74, 6) is 0.777. The molecule has 0 saturated heterocycles. The number of hydrogen-bond acceptors (Lipinski definition) is 3. The number of amides is 1. The number of aryl methyl sites for hydroxylation is 2. The van der Waals surface area contributed by atoms with Crippen LogP contribution < -0.4 is 0 Å². The molecule has 8 heteroatoms. The lowest BCUT2D eigenvalue weighted by molar-refractivity contribution is -0.132. The number of aromatic nitrogens is 3. The maximum absolute atomic E-state index is 14.1. The van der Waals surface area contributed by atoms with Crippen LogP contribution in [0.25, 0.3) is 0 Å². The van der Waals surface area contributed by atoms with Crippen LogP contribution in [0.5, 0.6) is 0 Å². The van der Waals surface area contributed by atoms with Crippen molar-refractivity contribution in [2.24, 2.45) is 0 Å². The topological polar surface area (TPSA) is 51.0 Å². The fraction of sp³-hybridized carbons (Fsp3) is 0.438. The molecule has 128 valence electrons. The summed E-state index contributed by atoms with van der Waals surface area (Å²) in [5, 5.41) is 4.65. The van der Waals surface area contributed by atoms with Gasteiger partial charge in [0.15, 0.2) is 0 Å². The van der Waals surface area contributed by atoms with E-state index in [0.29, 0.717) is 29.4 Å². The molecular formula is C16H17Cl2FN4O. The van der Waals surface area contributed by atoms with Gasteiger partial charge in [0.05, 0.1) is 19.1 Å². The highest BCUT2D eigenvalue weighted by Gasteiger charge is 2.30. The fourth-order valence-corrected chi connectivity index (χ4v) is 3.40. The van der Waals surface area contributed by atoms with Crippen molar-refractivity contribution in [2.45, 2.75) is 38.9 Å². The number of rotatable bonds is 4. The van der Waals surface area contributed by atoms with Crippen LogP contribution >= 0.6 is 23.2 Å². The van der Waals surface area contributed by atoms with E-state index in [1.54, 1.807) is 21.7 Å². The van der Waals surface area contributed by atoms with Gasteiger partial charge in [-0.05, 0) is 25.5 Å². The monoisotopic (exact) mass is 370 g/mol. The molecule has 1 aromatic carbocycles. The highest BCUT2D eigenvalue weighted by molar-refractivity contribution is 6.31. The molecule has 2 aromatic rings. The summed E-state index contributed by atoms with van der Waals surface area (Å²) in [6.07, 6.45) is 1.44. The zero-order valence-corrected chi connectivity index (χ0v) is 14.7. The fourth-order valence-electron chi connectivity index (χ4n) is 3.02. The number of carbonyl (C=O) groups excluding carboxylic acids is 1. The van der Waals surface area contributed by atoms with Gasteiger partial charge in [0.1, 0.15) is 23.3 Å². The Morgan fingerprint density at radius 1 is 1.50 bits per heavy atom. The van der Waals surface area contributed by atoms with E-state index < -0.39 is 5.82 Å². The number of fused-ring (bicyclic) bond motifs is 1. The van der Waals surface area contributed by atoms with Crippen molar-refractivity contribution in [1.82, 2.24) is 19.7 Å². The summed E-state index contributed by atoms with van der Waals surface area (Å²) in [4.78, 5) is 18.3. The molecule has 0 radical (unpaired) electrons. The molecule has 0 bridgehead atoms. The first-order valence-corrected chi connectivity index (χ1v) is 8.59. The van der Waals surface area contributed by atoms with Gasteiger partial charge in [-0.15, -0.1) is 11.6 Å². The van der Waals surface area contributed by atoms with Crippen LogP contribution in [-0.2, 0) is 24.3 Å². The van der Waals surface area contributed by atoms with Gasteiger partial charge in [-0.25, -0.2) is 14.1 Å². The average Bonchev–Trinajstić information content (AvgIpc) is 2.93. The van der Waals surface area contributed by atoms with Crippen molar-refractivity contribution in [3.63, 3.8) is 0 Å². The summed E-state index contributed by atoms with van der Waals surface area (Å²) in [6, 6.07) is 4.37. The van der Waals surface area contributed by atoms with E-state index in [9.17, 15) is 9.18 Å². The second-order valence-corrected chi connectivity index (χ2v) is 6.48. The third-order valence-electron chi connectivity index (χ3n) is 4.20. The molecule has 0 fully saturated rings. The Morgan fingerprint density at radius 3 is 3.00 bits per heavy atom. The van der Waals surface area contributed by atoms with E-state index in [2.05, 4.69) is 10.1 Å². The number of hydrogen-bond donors (Lipinski definition) is 0. The molecule has 0 N–H and O–H groups in total. The first-order valence-electron chi connectivity index (χ1n) is 7.68. The van der Waals surface area contributed by atoms with Crippen LogP contribution in [0.15, 0.2) is 18.2 Å². The van der Waals surface area contributed by atoms with Gasteiger partial charge in [0.2, 0.25) is 5.91 Å². The summed E-state index contributed by atoms with van der Waals surface area (Å²) in [5.41, 5.74) is 0.304. The van der Waals surface area contributed by atoms with Crippen molar-refractivity contribution in [3.8, 4) is 0 Å². The maximum atomic E-state index is 14.1. The number of benzene rings is 1. The minimum Gasteiger partial charge on any atom is -0.332 e. The highest BCUT2D eigenvalue weighted by atomic mass is 35.5. The molecule has 1 atom stereocenters. The van der Waals surface area contributed by atoms with E-state index in [0.717, 1.165) is 12.2 Å². The molecule has 0 spiro atoms. The normalized spacial score (nSPS) is 16.8. The third-order valence-corrected chi connectivity index (χ3v) is 4.79. The van der Waals surface area contributed by atoms with Crippen molar-refractivity contribution in [2.75, 3.05) is 5.88 Å². The van der Waals surface area contributed by atoms with E-state index in [1.807, 2.05) is 6.92 Å². The molecule has 2 heterocycles. The second kappa shape index (κ2) is 7.07. The predicted octanol–water partition coefficient (Wildman–Crippen LogP) is 2.96. The van der Waals surface area contributed by atoms with Gasteiger partial charge in [-0.2, -0.15) is 5.10 Å². The third kappa shape index (κ3) is 3.39. The molecule has 1 aliphatic heterocycles. The molecular weight excluding hydrogens is 354 g/mol. The molecule has 1 aromatic heterocycles. The lowest BCUT2D eigenvalue weighted by atomic mass is 10.0. The minimum absolute atomic E-state index is 0.0880. The van der Waals surface area contributed by atoms with Crippen LogP contribution in [0, 0.1) is 12.7 Å². The van der Waals surface area contributed by atoms with E-state index in [-0.39, 0.29) is 24.4 Å². The molecule has 3 rings (SSSR count). The molecule has 1 amide bonds. The van der Waals surface area contributed by atoms with Crippen LogP contribution in [0.2, 0.25) is 5.02 Å². The van der Waals surface area contributed by atoms with Gasteiger partial charge in [-0.3, -0.25) is 4.79 Å². The average molecular weight is 371 g/mol. The van der Waals surface area contributed by atoms with Crippen molar-refractivity contribution in [1.29, 1.82) is 0 Å². The van der Waals surface area contributed by atoms with E-state index in [4.69, 9.17) is 23.2 Å². The first kappa shape index (κ1) is 17.2. The second-order valence-electron chi connectivity index (χ2n) is 5.81. The van der Waals surface area contributed by atoms with Crippen LogP contribution in [0.4, 0.5) is 4.39 Å². The highest BCUT2D eigenvalue weighted by Crippen LogP contribution is 2.25. The molecule has 1 unspecified atom stereocenters. The Labute approximate surface area is 149 Å². The zero-order valence-electron chi connectivity index (χ0n) is 13.2. The number of nitrogens with zero attached hydrogens (tertiary/aromatic N) is 4. The molecule has 1 aliphatic rings. The standard InChI is InChI=1S/C16H17Cl2FN4O/c1-10-20-15-6-5-11(8-23(15)21-10)22(16(24)7-17)9-12-13(18)3-2-4-14(12)19/h2-4,11H,5-9H2,1H3. The lowest BCUT2D eigenvalue weighted by Crippen LogP contribution is -2.45. The summed E-state index contributed by atoms with van der Waals surface area (Å²) >= 11 is 11.9. The predicted molar refractivity (Wildman–Crippen MR) is 89.5 cm³/mol. The maximum Gasteiger partial charge on any atom is 0.238 e. The lowest BCUT2D eigenvalue weighted by Gasteiger charge is -2.34. The minimum atomic E-state index is -0.428. The smallest absolute Gasteiger partial charge is 0.238 e. The Hall–Kier alpha value is -1.66. The number of alkyl halides is 1. The summed E-state index contributed by atoms with van der Waals surface area (Å²) in [6.45, 7) is 2.44. The van der Waals surface area contributed by atoms with Crippen molar-refractivity contribution in [3.05, 3.63) is 46.3 Å². The van der Waals surface area contributed by atoms with Gasteiger partial charge in [0.25, 0.3) is 0 Å². The van der Waals surface area contributed by atoms with Gasteiger partial charge in [0, 0.05) is 17.0 Å². The van der Waals surface area contributed by atoms with Crippen molar-refractivity contribution < 1.29 is 9.18 Å². The molecule has 5 nitrogen and oxygen atoms in total. The summed E-state index contributed by atoms with van der Waals surface area (Å²) < 4.78 is 15.9. The van der Waals surface area contributed by atoms with Crippen molar-refractivity contribution >= 4 is 29.1 Å². The Morgan fingerprint density at radius 2 is 2.29 bits per heavy atom. The molecule has 0 saturated carbocycles. The zero-order chi connectivity index (χ0) is 17.3. The summed E-state index contributed by atoms with van der Waals surface area (Å²) in [7, 11) is 0. The van der Waals surface area contributed by atoms with Crippen LogP contribution in [0.3, 0.4) is 0 Å². The Kier molecular flexibility index (Phi) is 5.06. The van der Waals surface area contributed by atoms with E-state index in [1.165, 1.54) is 6.07 Å². The SMILES string of the molecule is Cc1nc2n(n1)CC(N(Cc1c(F)cccc1Cl)C(=O)CCl)CC2. The quantitative estimate of drug-likeness (QED) is 0.777. The number of halogens is 3. The number of carbonyl (C=O) groups is 1. The Balaban J connectivity index is 1.86. The van der Waals surface area contributed by atoms with Crippen LogP contribution in [-0.4, -0.2) is 37.5 Å². The largest absolute Gasteiger partial charge is 0.332 e. The van der Waals surface area contributed by atoms with Crippen LogP contribution in [0.1, 0.15) is 23.6 Å². The Bertz CT molecular complexity index is 744. The van der Waals surface area contributed by atoms with Gasteiger partial charge >= 0.3 is 0 Å².